The molecule has 1 aromatic heterocycles. The van der Waals surface area contributed by atoms with E-state index in [1.165, 1.54) is 12.3 Å². The number of hydrogen-bond donors (Lipinski definition) is 0. The van der Waals surface area contributed by atoms with Crippen LogP contribution >= 0.6 is 0 Å². The van der Waals surface area contributed by atoms with Crippen LogP contribution in [0.3, 0.4) is 0 Å². The molecule has 2 saturated heterocycles. The maximum atomic E-state index is 12.7. The molecule has 2 aliphatic rings. The van der Waals surface area contributed by atoms with Gasteiger partial charge in [-0.15, -0.1) is 0 Å². The molecule has 3 heterocycles. The van der Waals surface area contributed by atoms with E-state index in [-0.39, 0.29) is 22.7 Å². The lowest BCUT2D eigenvalue weighted by molar-refractivity contribution is -0.00371. The molecule has 2 fully saturated rings. The summed E-state index contributed by atoms with van der Waals surface area (Å²) in [6, 6.07) is 0.964. The van der Waals surface area contributed by atoms with Gasteiger partial charge in [-0.1, -0.05) is 0 Å². The normalized spacial score (nSPS) is 19.9. The van der Waals surface area contributed by atoms with E-state index in [2.05, 4.69) is 5.10 Å². The second-order valence-electron chi connectivity index (χ2n) is 8.60. The minimum atomic E-state index is -3.46. The number of rotatable bonds is 1. The zero-order valence-corrected chi connectivity index (χ0v) is 17.7. The summed E-state index contributed by atoms with van der Waals surface area (Å²) >= 11 is 0. The lowest BCUT2D eigenvalue weighted by Gasteiger charge is -2.44. The molecule has 10 heteroatoms. The smallest absolute Gasteiger partial charge is 0.410 e. The highest BCUT2D eigenvalue weighted by molar-refractivity contribution is 7.90. The monoisotopic (exact) mass is 412 g/mol. The van der Waals surface area contributed by atoms with Crippen molar-refractivity contribution < 1.29 is 22.7 Å². The molecule has 1 aromatic rings. The Labute approximate surface area is 165 Å². The molecule has 156 valence electrons. The lowest BCUT2D eigenvalue weighted by Crippen LogP contribution is -2.56. The molecule has 0 atom stereocenters. The van der Waals surface area contributed by atoms with E-state index in [4.69, 9.17) is 4.74 Å². The molecule has 0 radical (unpaired) electrons. The van der Waals surface area contributed by atoms with E-state index >= 15 is 0 Å². The number of sulfone groups is 1. The Hall–Kier alpha value is -2.10. The Morgan fingerprint density at radius 2 is 1.79 bits per heavy atom. The standard InChI is InChI=1S/C18H28N4O5S/c1-17(2,3)27-16(24)21-10-5-7-18(21)8-12-20(13-9-18)15(23)22-11-6-14(19-22)28(4,25)26/h6,11H,5,7-10,12-13H2,1-4H3. The van der Waals surface area contributed by atoms with Crippen LogP contribution in [0.2, 0.25) is 0 Å². The maximum absolute atomic E-state index is 12.7. The van der Waals surface area contributed by atoms with E-state index < -0.39 is 15.4 Å². The zero-order chi connectivity index (χ0) is 20.7. The van der Waals surface area contributed by atoms with E-state index in [1.807, 2.05) is 25.7 Å². The van der Waals surface area contributed by atoms with Gasteiger partial charge in [0.25, 0.3) is 0 Å². The second kappa shape index (κ2) is 7.06. The molecule has 0 unspecified atom stereocenters. The summed E-state index contributed by atoms with van der Waals surface area (Å²) in [4.78, 5) is 28.8. The van der Waals surface area contributed by atoms with Crippen molar-refractivity contribution in [3.05, 3.63) is 12.3 Å². The minimum absolute atomic E-state index is 0.124. The Morgan fingerprint density at radius 1 is 1.14 bits per heavy atom. The third-order valence-corrected chi connectivity index (χ3v) is 6.29. The quantitative estimate of drug-likeness (QED) is 0.700. The number of nitrogens with zero attached hydrogens (tertiary/aromatic N) is 4. The van der Waals surface area contributed by atoms with Gasteiger partial charge >= 0.3 is 12.1 Å². The number of carbonyl (C=O) groups is 2. The van der Waals surface area contributed by atoms with E-state index in [0.29, 0.717) is 32.5 Å². The number of aromatic nitrogens is 2. The molecule has 2 amide bonds. The molecule has 9 nitrogen and oxygen atoms in total. The summed E-state index contributed by atoms with van der Waals surface area (Å²) in [6.45, 7) is 7.18. The first-order valence-corrected chi connectivity index (χ1v) is 11.4. The highest BCUT2D eigenvalue weighted by Crippen LogP contribution is 2.39. The van der Waals surface area contributed by atoms with Crippen molar-refractivity contribution in [2.45, 2.75) is 62.6 Å². The van der Waals surface area contributed by atoms with E-state index in [9.17, 15) is 18.0 Å². The molecule has 0 saturated carbocycles. The van der Waals surface area contributed by atoms with Gasteiger partial charge in [-0.3, -0.25) is 0 Å². The SMILES string of the molecule is CC(C)(C)OC(=O)N1CCCC12CCN(C(=O)n1ccc(S(C)(=O)=O)n1)CC2. The Balaban J connectivity index is 1.67. The highest BCUT2D eigenvalue weighted by atomic mass is 32.2. The topological polar surface area (TPSA) is 102 Å². The van der Waals surface area contributed by atoms with Crippen LogP contribution in [0.1, 0.15) is 46.5 Å². The molecule has 0 aliphatic carbocycles. The summed E-state index contributed by atoms with van der Waals surface area (Å²) in [5.41, 5.74) is -0.823. The fourth-order valence-corrected chi connectivity index (χ4v) is 4.48. The van der Waals surface area contributed by atoms with Crippen molar-refractivity contribution in [1.29, 1.82) is 0 Å². The maximum Gasteiger partial charge on any atom is 0.410 e. The van der Waals surface area contributed by atoms with Crippen LogP contribution in [-0.4, -0.2) is 77.2 Å². The molecule has 0 N–H and O–H groups in total. The van der Waals surface area contributed by atoms with Gasteiger partial charge in [0.15, 0.2) is 14.9 Å². The molecule has 28 heavy (non-hydrogen) atoms. The van der Waals surface area contributed by atoms with Crippen LogP contribution in [0.25, 0.3) is 0 Å². The molecular formula is C18H28N4O5S. The van der Waals surface area contributed by atoms with Gasteiger partial charge in [-0.2, -0.15) is 9.78 Å². The fourth-order valence-electron chi connectivity index (χ4n) is 3.93. The van der Waals surface area contributed by atoms with Crippen LogP contribution < -0.4 is 0 Å². The van der Waals surface area contributed by atoms with Gasteiger partial charge < -0.3 is 14.5 Å². The first-order valence-electron chi connectivity index (χ1n) is 9.47. The summed E-state index contributed by atoms with van der Waals surface area (Å²) in [6.07, 6.45) is 5.27. The predicted octanol–water partition coefficient (Wildman–Crippen LogP) is 2.12. The van der Waals surface area contributed by atoms with Crippen LogP contribution in [0.15, 0.2) is 17.3 Å². The average molecular weight is 413 g/mol. The van der Waals surface area contributed by atoms with Crippen molar-refractivity contribution in [1.82, 2.24) is 19.6 Å². The summed E-state index contributed by atoms with van der Waals surface area (Å²) in [5, 5.41) is 3.76. The average Bonchev–Trinajstić information content (AvgIpc) is 3.20. The number of hydrogen-bond acceptors (Lipinski definition) is 6. The van der Waals surface area contributed by atoms with Crippen molar-refractivity contribution in [3.8, 4) is 0 Å². The fraction of sp³-hybridized carbons (Fsp3) is 0.722. The number of amides is 2. The number of likely N-dealkylation sites (tertiary alicyclic amines) is 2. The summed E-state index contributed by atoms with van der Waals surface area (Å²) < 4.78 is 29.8. The van der Waals surface area contributed by atoms with E-state index in [0.717, 1.165) is 23.8 Å². The Bertz CT molecular complexity index is 863. The van der Waals surface area contributed by atoms with Gasteiger partial charge in [0.05, 0.1) is 0 Å². The van der Waals surface area contributed by atoms with Crippen LogP contribution in [0.5, 0.6) is 0 Å². The third kappa shape index (κ3) is 4.16. The molecule has 1 spiro atoms. The number of piperidine rings is 1. The van der Waals surface area contributed by atoms with Crippen molar-refractivity contribution >= 4 is 22.0 Å². The Kier molecular flexibility index (Phi) is 5.20. The van der Waals surface area contributed by atoms with Gasteiger partial charge in [-0.25, -0.2) is 18.0 Å². The minimum Gasteiger partial charge on any atom is -0.444 e. The third-order valence-electron chi connectivity index (χ3n) is 5.32. The molecule has 0 bridgehead atoms. The lowest BCUT2D eigenvalue weighted by atomic mass is 9.85. The largest absolute Gasteiger partial charge is 0.444 e. The Morgan fingerprint density at radius 3 is 2.32 bits per heavy atom. The molecular weight excluding hydrogens is 384 g/mol. The molecule has 3 rings (SSSR count). The number of ether oxygens (including phenoxy) is 1. The van der Waals surface area contributed by atoms with Crippen molar-refractivity contribution in [2.75, 3.05) is 25.9 Å². The first-order chi connectivity index (χ1) is 12.9. The molecule has 2 aliphatic heterocycles. The number of carbonyl (C=O) groups excluding carboxylic acids is 2. The highest BCUT2D eigenvalue weighted by Gasteiger charge is 2.47. The van der Waals surface area contributed by atoms with Crippen LogP contribution in [0.4, 0.5) is 9.59 Å². The first kappa shape index (κ1) is 20.6. The van der Waals surface area contributed by atoms with Crippen molar-refractivity contribution in [3.63, 3.8) is 0 Å². The van der Waals surface area contributed by atoms with Crippen molar-refractivity contribution in [2.24, 2.45) is 0 Å². The van der Waals surface area contributed by atoms with Crippen LogP contribution in [0, 0.1) is 0 Å². The van der Waals surface area contributed by atoms with Gasteiger partial charge in [0.1, 0.15) is 5.60 Å². The molecule has 0 aromatic carbocycles. The van der Waals surface area contributed by atoms with Crippen LogP contribution in [-0.2, 0) is 14.6 Å². The zero-order valence-electron chi connectivity index (χ0n) is 16.8. The van der Waals surface area contributed by atoms with E-state index in [1.54, 1.807) is 4.90 Å². The summed E-state index contributed by atoms with van der Waals surface area (Å²) in [5.74, 6) is 0. The van der Waals surface area contributed by atoms with Gasteiger partial charge in [0.2, 0.25) is 0 Å². The summed E-state index contributed by atoms with van der Waals surface area (Å²) in [7, 11) is -3.46. The second-order valence-corrected chi connectivity index (χ2v) is 10.6. The van der Waals surface area contributed by atoms with Gasteiger partial charge in [-0.05, 0) is 52.5 Å². The predicted molar refractivity (Wildman–Crippen MR) is 102 cm³/mol. The van der Waals surface area contributed by atoms with Gasteiger partial charge in [0, 0.05) is 37.6 Å².